The highest BCUT2D eigenvalue weighted by molar-refractivity contribution is 7.98. The van der Waals surface area contributed by atoms with Crippen LogP contribution in [0, 0.1) is 0 Å². The maximum Gasteiger partial charge on any atom is 0.335 e. The van der Waals surface area contributed by atoms with Crippen LogP contribution < -0.4 is 58.0 Å². The van der Waals surface area contributed by atoms with Gasteiger partial charge in [-0.3, -0.25) is 49.3 Å². The third-order valence-electron chi connectivity index (χ3n) is 14.8. The molecule has 0 radical (unpaired) electrons. The number of allylic oxidation sites excluding steroid dienone is 2. The molecule has 4 heterocycles. The molecule has 2 aliphatic heterocycles. The number of fused-ring (bicyclic) bond motifs is 3. The second kappa shape index (κ2) is 29.5. The number of nitrogens with zero attached hydrogens (tertiary/aromatic N) is 9. The highest BCUT2D eigenvalue weighted by Crippen LogP contribution is 2.31. The number of amides is 2. The summed E-state index contributed by atoms with van der Waals surface area (Å²) in [6.45, 7) is -0.683. The van der Waals surface area contributed by atoms with E-state index in [-0.39, 0.29) is 77.1 Å². The molecule has 2 aliphatic rings. The molecular formula is C67H66N10O14S. The largest absolute Gasteiger partial charge is 0.478 e. The van der Waals surface area contributed by atoms with Crippen LogP contribution in [-0.4, -0.2) is 120 Å². The molecule has 0 fully saturated rings. The minimum Gasteiger partial charge on any atom is -0.478 e. The van der Waals surface area contributed by atoms with Crippen LogP contribution in [0.2, 0.25) is 0 Å². The number of carboxylic acid groups (broad SMARTS) is 1. The molecule has 0 bridgehead atoms. The molecule has 0 atom stereocenters. The van der Waals surface area contributed by atoms with Crippen LogP contribution in [0.3, 0.4) is 0 Å². The van der Waals surface area contributed by atoms with E-state index in [1.807, 2.05) is 123 Å². The van der Waals surface area contributed by atoms with Gasteiger partial charge in [0.1, 0.15) is 37.6 Å². The average Bonchev–Trinajstić information content (AvgIpc) is 1.54. The summed E-state index contributed by atoms with van der Waals surface area (Å²) in [4.78, 5) is 91.2. The fourth-order valence-corrected chi connectivity index (χ4v) is 11.3. The minimum atomic E-state index is -1.27. The number of anilines is 5. The van der Waals surface area contributed by atoms with Crippen molar-refractivity contribution in [3.05, 3.63) is 227 Å². The Morgan fingerprint density at radius 2 is 1.34 bits per heavy atom. The highest BCUT2D eigenvalue weighted by Gasteiger charge is 2.34. The van der Waals surface area contributed by atoms with E-state index >= 15 is 0 Å². The van der Waals surface area contributed by atoms with Gasteiger partial charge in [-0.1, -0.05) is 85.0 Å². The van der Waals surface area contributed by atoms with Crippen LogP contribution in [-0.2, 0) is 39.3 Å². The van der Waals surface area contributed by atoms with Gasteiger partial charge in [0.15, 0.2) is 11.0 Å². The fourth-order valence-electron chi connectivity index (χ4n) is 10.6. The number of rotatable bonds is 22. The number of carbonyl (C=O) groups is 3. The standard InChI is InChI=1S/C40H40N6O8.C27H26N4O6S/c1-42(2)30-14-12-26(34(21-30)43(3)4)8-7-9-33-36(44(5)6)35-37(45(38(33)47)32-18-25(23-54-52)17-29(20-32)40(49)50)41-46(39(35)48)31-15-13-27-16-24(22-53-51)10-11-28(27)19-31;1-38-24-21(10-5-9-19-11-12-20(28)17-22(19)18-7-3-2-4-8-18)26(32)30(14-16-37-35)25-23(24)27(33)31(29-25)13-6-15-36-34/h7-21,51-52H,22-23H2,1-6H3,(H,49,50);2-13,17,34-35H,14-16,28H2,1H3/b8-7+,33-9+;9-5+,13-6-,21-10+. The lowest BCUT2D eigenvalue weighted by atomic mass is 9.98. The SMILES string of the molecule is CN(C)c1ccc(/C=C/C=c2\c(N(C)C)c3c(n(-c4cc(COO)cc(C(=O)O)c4)c2=O)=NN(c2ccc4cc(COO)ccc4c2)C3=O)c(N(C)C)c1.CSc1c2c(n(CCOO)c(=O)/c1=C/C=C/c1ccc(N)cc1-c1ccccc1)=NN(/C=C\COO)C2=O. The third kappa shape index (κ3) is 14.2. The van der Waals surface area contributed by atoms with E-state index in [0.29, 0.717) is 27.2 Å². The number of nitrogens with two attached hydrogens (primary N) is 1. The molecule has 7 N–H and O–H groups in total. The van der Waals surface area contributed by atoms with Crippen LogP contribution in [0.5, 0.6) is 0 Å². The fraction of sp³-hybridized carbons (Fsp3) is 0.179. The zero-order valence-corrected chi connectivity index (χ0v) is 51.9. The van der Waals surface area contributed by atoms with Crippen molar-refractivity contribution >= 4 is 93.1 Å². The lowest BCUT2D eigenvalue weighted by molar-refractivity contribution is -0.253. The molecule has 6 aromatic carbocycles. The molecule has 0 saturated carbocycles. The molecule has 0 spiro atoms. The number of benzene rings is 6. The Bertz CT molecular complexity index is 4640. The van der Waals surface area contributed by atoms with Crippen LogP contribution in [0.15, 0.2) is 170 Å². The van der Waals surface area contributed by atoms with Crippen molar-refractivity contribution in [2.24, 2.45) is 10.2 Å². The number of aromatic carboxylic acids is 1. The normalized spacial score (nSPS) is 13.1. The van der Waals surface area contributed by atoms with Crippen molar-refractivity contribution in [2.45, 2.75) is 24.7 Å². The van der Waals surface area contributed by atoms with E-state index in [1.165, 1.54) is 56.4 Å². The van der Waals surface area contributed by atoms with Crippen LogP contribution in [0.1, 0.15) is 53.3 Å². The Morgan fingerprint density at radius 1 is 0.641 bits per heavy atom. The first-order valence-electron chi connectivity index (χ1n) is 28.4. The summed E-state index contributed by atoms with van der Waals surface area (Å²) >= 11 is 1.26. The predicted molar refractivity (Wildman–Crippen MR) is 354 cm³/mol. The number of hydrogen-bond acceptors (Lipinski definition) is 20. The van der Waals surface area contributed by atoms with Gasteiger partial charge in [-0.15, -0.1) is 22.0 Å². The topological polar surface area (TPSA) is 300 Å². The van der Waals surface area contributed by atoms with Crippen molar-refractivity contribution in [3.8, 4) is 16.8 Å². The van der Waals surface area contributed by atoms with Gasteiger partial charge in [-0.2, -0.15) is 5.01 Å². The van der Waals surface area contributed by atoms with E-state index in [1.54, 1.807) is 73.8 Å². The first kappa shape index (κ1) is 66.1. The van der Waals surface area contributed by atoms with E-state index in [9.17, 15) is 34.3 Å². The number of aromatic nitrogens is 2. The Morgan fingerprint density at radius 3 is 2.01 bits per heavy atom. The van der Waals surface area contributed by atoms with Crippen molar-refractivity contribution in [3.63, 3.8) is 0 Å². The molecule has 474 valence electrons. The van der Waals surface area contributed by atoms with Gasteiger partial charge >= 0.3 is 5.97 Å². The Balaban J connectivity index is 0.000000231. The molecule has 2 aromatic heterocycles. The quantitative estimate of drug-likeness (QED) is 0.0167. The Labute approximate surface area is 530 Å². The molecule has 2 amide bonds. The second-order valence-corrected chi connectivity index (χ2v) is 22.3. The van der Waals surface area contributed by atoms with Gasteiger partial charge in [-0.25, -0.2) is 29.4 Å². The van der Waals surface area contributed by atoms with E-state index < -0.39 is 28.9 Å². The first-order valence-corrected chi connectivity index (χ1v) is 29.6. The summed E-state index contributed by atoms with van der Waals surface area (Å²) in [5, 5.41) is 58.9. The minimum absolute atomic E-state index is 0.00190. The van der Waals surface area contributed by atoms with Gasteiger partial charge in [0.2, 0.25) is 0 Å². The van der Waals surface area contributed by atoms with Crippen LogP contribution >= 0.6 is 11.8 Å². The molecule has 0 saturated heterocycles. The summed E-state index contributed by atoms with van der Waals surface area (Å²) in [5.41, 5.74) is 13.7. The zero-order valence-electron chi connectivity index (χ0n) is 51.1. The monoisotopic (exact) mass is 1270 g/mol. The average molecular weight is 1270 g/mol. The van der Waals surface area contributed by atoms with Gasteiger partial charge in [-0.05, 0) is 129 Å². The van der Waals surface area contributed by atoms with Crippen molar-refractivity contribution in [1.82, 2.24) is 14.1 Å². The van der Waals surface area contributed by atoms with Crippen molar-refractivity contribution < 1.29 is 60.1 Å². The summed E-state index contributed by atoms with van der Waals surface area (Å²) in [6.07, 6.45) is 15.0. The maximum atomic E-state index is 14.8. The van der Waals surface area contributed by atoms with E-state index in [4.69, 9.17) is 26.6 Å². The molecule has 0 unspecified atom stereocenters. The number of thioether (sulfide) groups is 1. The number of hydrogen-bond donors (Lipinski definition) is 6. The van der Waals surface area contributed by atoms with Crippen molar-refractivity contribution in [1.29, 1.82) is 0 Å². The predicted octanol–water partition coefficient (Wildman–Crippen LogP) is 7.35. The maximum absolute atomic E-state index is 14.8. The number of pyridine rings is 2. The van der Waals surface area contributed by atoms with Crippen LogP contribution in [0.4, 0.5) is 28.4 Å². The van der Waals surface area contributed by atoms with Crippen LogP contribution in [0.25, 0.3) is 51.9 Å². The molecule has 8 aromatic rings. The first-order chi connectivity index (χ1) is 44.3. The molecule has 92 heavy (non-hydrogen) atoms. The molecule has 0 aliphatic carbocycles. The second-order valence-electron chi connectivity index (χ2n) is 21.5. The lowest BCUT2D eigenvalue weighted by Gasteiger charge is -2.20. The van der Waals surface area contributed by atoms with E-state index in [0.717, 1.165) is 55.0 Å². The number of nitrogen functional groups attached to an aromatic ring is 1. The summed E-state index contributed by atoms with van der Waals surface area (Å²) in [5.74, 6) is -2.22. The van der Waals surface area contributed by atoms with Gasteiger partial charge in [0, 0.05) is 70.4 Å². The van der Waals surface area contributed by atoms with Crippen molar-refractivity contribution in [2.75, 3.05) is 87.2 Å². The highest BCUT2D eigenvalue weighted by atomic mass is 32.2. The van der Waals surface area contributed by atoms with Gasteiger partial charge in [0.05, 0.1) is 39.6 Å². The molecule has 10 rings (SSSR count). The van der Waals surface area contributed by atoms with E-state index in [2.05, 4.69) is 30.7 Å². The smallest absolute Gasteiger partial charge is 0.335 e. The number of carbonyl (C=O) groups excluding carboxylic acids is 2. The summed E-state index contributed by atoms with van der Waals surface area (Å²) in [7, 11) is 11.3. The zero-order chi connectivity index (χ0) is 65.9. The number of carboxylic acids is 1. The summed E-state index contributed by atoms with van der Waals surface area (Å²) in [6, 6.07) is 36.4. The molecule has 25 heteroatoms. The van der Waals surface area contributed by atoms with Gasteiger partial charge < -0.3 is 25.5 Å². The molecule has 24 nitrogen and oxygen atoms in total. The lowest BCUT2D eigenvalue weighted by Crippen LogP contribution is -2.46. The summed E-state index contributed by atoms with van der Waals surface area (Å²) < 4.78 is 2.50. The van der Waals surface area contributed by atoms with Gasteiger partial charge in [0.25, 0.3) is 22.9 Å². The Hall–Kier alpha value is -10.3. The molecular weight excluding hydrogens is 1200 g/mol. The third-order valence-corrected chi connectivity index (χ3v) is 15.6. The Kier molecular flexibility index (Phi) is 21.2.